The van der Waals surface area contributed by atoms with Crippen LogP contribution in [0.2, 0.25) is 0 Å². The van der Waals surface area contributed by atoms with Gasteiger partial charge in [0.2, 0.25) is 0 Å². The van der Waals surface area contributed by atoms with Crippen LogP contribution in [0, 0.1) is 11.6 Å². The van der Waals surface area contributed by atoms with Gasteiger partial charge in [-0.15, -0.1) is 11.8 Å². The predicted molar refractivity (Wildman–Crippen MR) is 81.2 cm³/mol. The Balaban J connectivity index is 1.89. The van der Waals surface area contributed by atoms with E-state index in [0.29, 0.717) is 6.42 Å². The van der Waals surface area contributed by atoms with Gasteiger partial charge in [0.05, 0.1) is 6.10 Å². The Morgan fingerprint density at radius 1 is 1.10 bits per heavy atom. The van der Waals surface area contributed by atoms with E-state index in [1.807, 2.05) is 30.3 Å². The molecule has 0 spiro atoms. The van der Waals surface area contributed by atoms with E-state index in [1.54, 1.807) is 0 Å². The van der Waals surface area contributed by atoms with Crippen LogP contribution >= 0.6 is 11.8 Å². The molecule has 3 N–H and O–H groups in total. The number of nitrogens with two attached hydrogens (primary N) is 1. The summed E-state index contributed by atoms with van der Waals surface area (Å²) in [5.74, 6) is -0.777. The minimum absolute atomic E-state index is 0.181. The van der Waals surface area contributed by atoms with Crippen LogP contribution in [0.4, 0.5) is 8.78 Å². The number of thioether (sulfide) groups is 1. The van der Waals surface area contributed by atoms with E-state index < -0.39 is 23.8 Å². The van der Waals surface area contributed by atoms with Crippen molar-refractivity contribution in [3.63, 3.8) is 0 Å². The highest BCUT2D eigenvalue weighted by molar-refractivity contribution is 7.99. The van der Waals surface area contributed by atoms with E-state index in [0.717, 1.165) is 35.5 Å². The Kier molecular flexibility index (Phi) is 5.73. The lowest BCUT2D eigenvalue weighted by molar-refractivity contribution is 0.167. The van der Waals surface area contributed by atoms with Crippen LogP contribution in [-0.2, 0) is 6.42 Å². The Hall–Kier alpha value is -1.43. The third kappa shape index (κ3) is 4.81. The van der Waals surface area contributed by atoms with Crippen molar-refractivity contribution >= 4 is 11.8 Å². The summed E-state index contributed by atoms with van der Waals surface area (Å²) in [5.41, 5.74) is 6.98. The van der Waals surface area contributed by atoms with E-state index >= 15 is 0 Å². The first-order valence-corrected chi connectivity index (χ1v) is 7.60. The zero-order valence-corrected chi connectivity index (χ0v) is 12.2. The average molecular weight is 309 g/mol. The van der Waals surface area contributed by atoms with Gasteiger partial charge in [0.15, 0.2) is 0 Å². The Morgan fingerprint density at radius 3 is 2.52 bits per heavy atom. The van der Waals surface area contributed by atoms with Gasteiger partial charge in [-0.2, -0.15) is 0 Å². The zero-order valence-electron chi connectivity index (χ0n) is 11.4. The smallest absolute Gasteiger partial charge is 0.136 e. The molecule has 0 aromatic heterocycles. The lowest BCUT2D eigenvalue weighted by atomic mass is 10.0. The van der Waals surface area contributed by atoms with E-state index in [9.17, 15) is 13.9 Å². The third-order valence-corrected chi connectivity index (χ3v) is 4.24. The van der Waals surface area contributed by atoms with Gasteiger partial charge in [-0.3, -0.25) is 0 Å². The summed E-state index contributed by atoms with van der Waals surface area (Å²) in [6.07, 6.45) is -0.258. The summed E-state index contributed by atoms with van der Waals surface area (Å²) in [7, 11) is 0. The number of benzene rings is 2. The second kappa shape index (κ2) is 7.54. The first-order chi connectivity index (χ1) is 10.1. The average Bonchev–Trinajstić information content (AvgIpc) is 2.49. The standard InChI is InChI=1S/C16H17F2NOS/c17-12-6-7-13(18)16(9-12)21-10-15(20)14(19)8-11-4-2-1-3-5-11/h1-7,9,14-15,20H,8,10,19H2. The number of halogens is 2. The molecular weight excluding hydrogens is 292 g/mol. The van der Waals surface area contributed by atoms with Crippen LogP contribution in [0.3, 0.4) is 0 Å². The molecule has 2 aromatic rings. The molecule has 0 radical (unpaired) electrons. The number of rotatable bonds is 6. The molecule has 2 unspecified atom stereocenters. The Morgan fingerprint density at radius 2 is 1.81 bits per heavy atom. The minimum Gasteiger partial charge on any atom is -0.391 e. The summed E-state index contributed by atoms with van der Waals surface area (Å²) in [6.45, 7) is 0. The summed E-state index contributed by atoms with van der Waals surface area (Å²) < 4.78 is 26.5. The molecule has 0 saturated heterocycles. The Labute approximate surface area is 127 Å². The van der Waals surface area contributed by atoms with Crippen LogP contribution in [-0.4, -0.2) is 23.0 Å². The largest absolute Gasteiger partial charge is 0.391 e. The van der Waals surface area contributed by atoms with Crippen molar-refractivity contribution in [1.29, 1.82) is 0 Å². The number of hydrogen-bond donors (Lipinski definition) is 2. The van der Waals surface area contributed by atoms with E-state index in [2.05, 4.69) is 0 Å². The van der Waals surface area contributed by atoms with Crippen LogP contribution < -0.4 is 5.73 Å². The number of hydrogen-bond acceptors (Lipinski definition) is 3. The molecule has 2 rings (SSSR count). The van der Waals surface area contributed by atoms with Crippen molar-refractivity contribution < 1.29 is 13.9 Å². The molecule has 2 nitrogen and oxygen atoms in total. The monoisotopic (exact) mass is 309 g/mol. The molecule has 5 heteroatoms. The highest BCUT2D eigenvalue weighted by Crippen LogP contribution is 2.24. The summed E-state index contributed by atoms with van der Waals surface area (Å²) in [4.78, 5) is 0.181. The number of aliphatic hydroxyl groups is 1. The van der Waals surface area contributed by atoms with Gasteiger partial charge in [-0.25, -0.2) is 8.78 Å². The highest BCUT2D eigenvalue weighted by atomic mass is 32.2. The van der Waals surface area contributed by atoms with Crippen molar-refractivity contribution in [2.75, 3.05) is 5.75 Å². The van der Waals surface area contributed by atoms with Crippen LogP contribution in [0.1, 0.15) is 5.56 Å². The summed E-state index contributed by atoms with van der Waals surface area (Å²) >= 11 is 1.06. The maximum absolute atomic E-state index is 13.5. The van der Waals surface area contributed by atoms with Crippen molar-refractivity contribution in [1.82, 2.24) is 0 Å². The van der Waals surface area contributed by atoms with Gasteiger partial charge in [0, 0.05) is 16.7 Å². The second-order valence-corrected chi connectivity index (χ2v) is 5.87. The van der Waals surface area contributed by atoms with Gasteiger partial charge in [-0.1, -0.05) is 30.3 Å². The van der Waals surface area contributed by atoms with Crippen LogP contribution in [0.5, 0.6) is 0 Å². The van der Waals surface area contributed by atoms with Gasteiger partial charge in [0.25, 0.3) is 0 Å². The first-order valence-electron chi connectivity index (χ1n) is 6.61. The Bertz CT molecular complexity index is 580. The SMILES string of the molecule is NC(Cc1ccccc1)C(O)CSc1cc(F)ccc1F. The molecule has 0 aliphatic rings. The lowest BCUT2D eigenvalue weighted by Gasteiger charge is -2.18. The second-order valence-electron chi connectivity index (χ2n) is 4.81. The van der Waals surface area contributed by atoms with Crippen molar-refractivity contribution in [3.05, 3.63) is 65.7 Å². The molecule has 0 bridgehead atoms. The quantitative estimate of drug-likeness (QED) is 0.806. The summed E-state index contributed by atoms with van der Waals surface area (Å²) in [6, 6.07) is 12.4. The first kappa shape index (κ1) is 15.9. The molecule has 21 heavy (non-hydrogen) atoms. The van der Waals surface area contributed by atoms with E-state index in [4.69, 9.17) is 5.73 Å². The van der Waals surface area contributed by atoms with Crippen molar-refractivity contribution in [3.8, 4) is 0 Å². The fraction of sp³-hybridized carbons (Fsp3) is 0.250. The highest BCUT2D eigenvalue weighted by Gasteiger charge is 2.16. The fourth-order valence-corrected chi connectivity index (χ4v) is 2.91. The van der Waals surface area contributed by atoms with Gasteiger partial charge in [-0.05, 0) is 30.2 Å². The molecule has 0 aliphatic carbocycles. The van der Waals surface area contributed by atoms with Crippen LogP contribution in [0.15, 0.2) is 53.4 Å². The minimum atomic E-state index is -0.794. The predicted octanol–water partition coefficient (Wildman–Crippen LogP) is 2.99. The maximum atomic E-state index is 13.5. The molecule has 112 valence electrons. The number of aliphatic hydroxyl groups excluding tert-OH is 1. The zero-order chi connectivity index (χ0) is 15.2. The molecule has 2 aromatic carbocycles. The lowest BCUT2D eigenvalue weighted by Crippen LogP contribution is -2.38. The van der Waals surface area contributed by atoms with Gasteiger partial charge in [0.1, 0.15) is 11.6 Å². The van der Waals surface area contributed by atoms with Crippen LogP contribution in [0.25, 0.3) is 0 Å². The molecule has 0 saturated carbocycles. The molecular formula is C16H17F2NOS. The topological polar surface area (TPSA) is 46.2 Å². The fourth-order valence-electron chi connectivity index (χ4n) is 1.91. The molecule has 0 fully saturated rings. The molecule has 0 amide bonds. The van der Waals surface area contributed by atoms with Gasteiger partial charge >= 0.3 is 0 Å². The van der Waals surface area contributed by atoms with E-state index in [-0.39, 0.29) is 10.6 Å². The van der Waals surface area contributed by atoms with Crippen molar-refractivity contribution in [2.24, 2.45) is 5.73 Å². The van der Waals surface area contributed by atoms with Gasteiger partial charge < -0.3 is 10.8 Å². The van der Waals surface area contributed by atoms with Crippen molar-refractivity contribution in [2.45, 2.75) is 23.5 Å². The maximum Gasteiger partial charge on any atom is 0.136 e. The molecule has 0 aliphatic heterocycles. The van der Waals surface area contributed by atoms with E-state index in [1.165, 1.54) is 0 Å². The molecule has 0 heterocycles. The molecule has 2 atom stereocenters. The summed E-state index contributed by atoms with van der Waals surface area (Å²) in [5, 5.41) is 10.0. The normalized spacial score (nSPS) is 13.9. The third-order valence-electron chi connectivity index (χ3n) is 3.11.